The highest BCUT2D eigenvalue weighted by molar-refractivity contribution is 5.24. The Morgan fingerprint density at radius 3 is 2.71 bits per heavy atom. The van der Waals surface area contributed by atoms with Crippen molar-refractivity contribution in [3.05, 3.63) is 35.9 Å². The van der Waals surface area contributed by atoms with Crippen LogP contribution in [-0.4, -0.2) is 26.8 Å². The molecular weight excluding hydrogens is 212 g/mol. The number of methoxy groups -OCH3 is 1. The van der Waals surface area contributed by atoms with Crippen molar-refractivity contribution in [3.63, 3.8) is 0 Å². The highest BCUT2D eigenvalue weighted by Crippen LogP contribution is 2.12. The molecule has 0 aromatic heterocycles. The number of nitrogens with zero attached hydrogens (tertiary/aromatic N) is 1. The summed E-state index contributed by atoms with van der Waals surface area (Å²) in [6, 6.07) is 12.2. The summed E-state index contributed by atoms with van der Waals surface area (Å²) in [7, 11) is 1.72. The molecule has 1 rings (SSSR count). The predicted octanol–water partition coefficient (Wildman–Crippen LogP) is 2.31. The van der Waals surface area contributed by atoms with E-state index in [1.165, 1.54) is 0 Å². The molecule has 0 fully saturated rings. The molecule has 0 aliphatic carbocycles. The van der Waals surface area contributed by atoms with Crippen LogP contribution < -0.4 is 5.32 Å². The smallest absolute Gasteiger partial charge is 0.0837 e. The van der Waals surface area contributed by atoms with Gasteiger partial charge in [-0.1, -0.05) is 30.3 Å². The van der Waals surface area contributed by atoms with Crippen LogP contribution in [-0.2, 0) is 4.74 Å². The quantitative estimate of drug-likeness (QED) is 0.699. The summed E-state index contributed by atoms with van der Waals surface area (Å²) in [5, 5.41) is 12.4. The first kappa shape index (κ1) is 13.7. The van der Waals surface area contributed by atoms with Gasteiger partial charge in [-0.05, 0) is 24.9 Å². The average Bonchev–Trinajstić information content (AvgIpc) is 2.39. The summed E-state index contributed by atoms with van der Waals surface area (Å²) in [4.78, 5) is 0. The van der Waals surface area contributed by atoms with Gasteiger partial charge in [-0.2, -0.15) is 5.26 Å². The number of ether oxygens (including phenoxy) is 1. The van der Waals surface area contributed by atoms with Gasteiger partial charge in [0.25, 0.3) is 0 Å². The molecule has 0 heterocycles. The maximum Gasteiger partial charge on any atom is 0.0837 e. The Hall–Kier alpha value is -1.37. The molecule has 1 N–H and O–H groups in total. The van der Waals surface area contributed by atoms with Gasteiger partial charge < -0.3 is 10.1 Å². The van der Waals surface area contributed by atoms with Gasteiger partial charge in [0.05, 0.1) is 12.0 Å². The standard InChI is InChI=1S/C14H20N2O/c1-17-10-6-5-9-16-12-14(11-15)13-7-3-2-4-8-13/h2-4,7-8,14,16H,5-6,9-10,12H2,1H3. The highest BCUT2D eigenvalue weighted by Gasteiger charge is 2.08. The number of nitrogens with one attached hydrogen (secondary N) is 1. The minimum Gasteiger partial charge on any atom is -0.385 e. The number of benzene rings is 1. The molecule has 3 nitrogen and oxygen atoms in total. The monoisotopic (exact) mass is 232 g/mol. The zero-order valence-corrected chi connectivity index (χ0v) is 10.4. The molecule has 0 aliphatic rings. The van der Waals surface area contributed by atoms with Crippen LogP contribution in [0.1, 0.15) is 24.3 Å². The van der Waals surface area contributed by atoms with Gasteiger partial charge in [0.15, 0.2) is 0 Å². The van der Waals surface area contributed by atoms with Crippen molar-refractivity contribution in [3.8, 4) is 6.07 Å². The molecule has 1 aromatic carbocycles. The van der Waals surface area contributed by atoms with E-state index < -0.39 is 0 Å². The van der Waals surface area contributed by atoms with Crippen molar-refractivity contribution in [1.82, 2.24) is 5.32 Å². The van der Waals surface area contributed by atoms with Crippen LogP contribution in [0.5, 0.6) is 0 Å². The highest BCUT2D eigenvalue weighted by atomic mass is 16.5. The van der Waals surface area contributed by atoms with Crippen LogP contribution in [0.4, 0.5) is 0 Å². The molecule has 0 amide bonds. The van der Waals surface area contributed by atoms with Crippen LogP contribution in [0, 0.1) is 11.3 Å². The van der Waals surface area contributed by atoms with Crippen molar-refractivity contribution in [1.29, 1.82) is 5.26 Å². The summed E-state index contributed by atoms with van der Waals surface area (Å²) < 4.78 is 4.98. The van der Waals surface area contributed by atoms with E-state index in [1.54, 1.807) is 7.11 Å². The Balaban J connectivity index is 2.23. The number of nitriles is 1. The van der Waals surface area contributed by atoms with E-state index in [9.17, 15) is 0 Å². The molecule has 0 radical (unpaired) electrons. The lowest BCUT2D eigenvalue weighted by atomic mass is 10.0. The lowest BCUT2D eigenvalue weighted by Crippen LogP contribution is -2.22. The zero-order chi connectivity index (χ0) is 12.3. The SMILES string of the molecule is COCCCCNCC(C#N)c1ccccc1. The molecule has 0 saturated heterocycles. The first-order chi connectivity index (χ1) is 8.38. The number of hydrogen-bond donors (Lipinski definition) is 1. The maximum absolute atomic E-state index is 9.11. The number of unbranched alkanes of at least 4 members (excludes halogenated alkanes) is 1. The van der Waals surface area contributed by atoms with E-state index in [4.69, 9.17) is 10.00 Å². The fraction of sp³-hybridized carbons (Fsp3) is 0.500. The zero-order valence-electron chi connectivity index (χ0n) is 10.4. The normalized spacial score (nSPS) is 12.0. The van der Waals surface area contributed by atoms with Crippen LogP contribution in [0.15, 0.2) is 30.3 Å². The van der Waals surface area contributed by atoms with Crippen LogP contribution in [0.3, 0.4) is 0 Å². The fourth-order valence-corrected chi connectivity index (χ4v) is 1.67. The Labute approximate surface area is 103 Å². The summed E-state index contributed by atoms with van der Waals surface area (Å²) in [6.07, 6.45) is 2.15. The Kier molecular flexibility index (Phi) is 7.04. The van der Waals surface area contributed by atoms with Crippen LogP contribution in [0.25, 0.3) is 0 Å². The minimum atomic E-state index is -0.0568. The van der Waals surface area contributed by atoms with E-state index in [2.05, 4.69) is 11.4 Å². The molecular formula is C14H20N2O. The van der Waals surface area contributed by atoms with Crippen molar-refractivity contribution in [2.24, 2.45) is 0 Å². The molecule has 1 atom stereocenters. The van der Waals surface area contributed by atoms with Crippen molar-refractivity contribution < 1.29 is 4.74 Å². The number of rotatable bonds is 8. The molecule has 3 heteroatoms. The van der Waals surface area contributed by atoms with E-state index in [0.717, 1.165) is 31.6 Å². The van der Waals surface area contributed by atoms with Gasteiger partial charge in [-0.3, -0.25) is 0 Å². The lowest BCUT2D eigenvalue weighted by Gasteiger charge is -2.10. The first-order valence-electron chi connectivity index (χ1n) is 6.02. The van der Waals surface area contributed by atoms with E-state index in [0.29, 0.717) is 6.54 Å². The largest absolute Gasteiger partial charge is 0.385 e. The molecule has 0 bridgehead atoms. The van der Waals surface area contributed by atoms with Gasteiger partial charge in [0, 0.05) is 20.3 Å². The van der Waals surface area contributed by atoms with Gasteiger partial charge in [0.1, 0.15) is 0 Å². The third-order valence-corrected chi connectivity index (χ3v) is 2.66. The second-order valence-electron chi connectivity index (χ2n) is 4.00. The third kappa shape index (κ3) is 5.48. The summed E-state index contributed by atoms with van der Waals surface area (Å²) in [5.41, 5.74) is 1.08. The maximum atomic E-state index is 9.11. The van der Waals surface area contributed by atoms with Crippen molar-refractivity contribution in [2.45, 2.75) is 18.8 Å². The predicted molar refractivity (Wildman–Crippen MR) is 68.8 cm³/mol. The van der Waals surface area contributed by atoms with Gasteiger partial charge in [-0.25, -0.2) is 0 Å². The summed E-state index contributed by atoms with van der Waals surface area (Å²) in [5.74, 6) is -0.0568. The third-order valence-electron chi connectivity index (χ3n) is 2.66. The molecule has 0 spiro atoms. The van der Waals surface area contributed by atoms with E-state index in [-0.39, 0.29) is 5.92 Å². The summed E-state index contributed by atoms with van der Waals surface area (Å²) in [6.45, 7) is 2.46. The molecule has 0 aliphatic heterocycles. The first-order valence-corrected chi connectivity index (χ1v) is 6.02. The summed E-state index contributed by atoms with van der Waals surface area (Å²) >= 11 is 0. The molecule has 17 heavy (non-hydrogen) atoms. The van der Waals surface area contributed by atoms with Crippen molar-refractivity contribution in [2.75, 3.05) is 26.8 Å². The number of hydrogen-bond acceptors (Lipinski definition) is 3. The second kappa shape index (κ2) is 8.74. The Bertz CT molecular complexity index is 332. The minimum absolute atomic E-state index is 0.0568. The van der Waals surface area contributed by atoms with Crippen LogP contribution >= 0.6 is 0 Å². The van der Waals surface area contributed by atoms with Gasteiger partial charge in [0.2, 0.25) is 0 Å². The van der Waals surface area contributed by atoms with E-state index in [1.807, 2.05) is 30.3 Å². The topological polar surface area (TPSA) is 45.0 Å². The molecule has 92 valence electrons. The van der Waals surface area contributed by atoms with Crippen molar-refractivity contribution >= 4 is 0 Å². The second-order valence-corrected chi connectivity index (χ2v) is 4.00. The molecule has 1 aromatic rings. The average molecular weight is 232 g/mol. The lowest BCUT2D eigenvalue weighted by molar-refractivity contribution is 0.192. The fourth-order valence-electron chi connectivity index (χ4n) is 1.67. The molecule has 0 saturated carbocycles. The van der Waals surface area contributed by atoms with Crippen LogP contribution in [0.2, 0.25) is 0 Å². The van der Waals surface area contributed by atoms with Gasteiger partial charge >= 0.3 is 0 Å². The molecule has 1 unspecified atom stereocenters. The van der Waals surface area contributed by atoms with Gasteiger partial charge in [-0.15, -0.1) is 0 Å². The Morgan fingerprint density at radius 2 is 2.06 bits per heavy atom. The Morgan fingerprint density at radius 1 is 1.29 bits per heavy atom. The van der Waals surface area contributed by atoms with E-state index >= 15 is 0 Å².